The molecule has 0 aliphatic rings. The fraction of sp³-hybridized carbons (Fsp3) is 0.167. The van der Waals surface area contributed by atoms with Gasteiger partial charge >= 0.3 is 5.51 Å². The zero-order chi connectivity index (χ0) is 9.19. The number of aromatic nitrogens is 1. The minimum Gasteiger partial charge on any atom is -0.290 e. The average molecular weight is 192 g/mol. The van der Waals surface area contributed by atoms with Gasteiger partial charge in [-0.25, -0.2) is 0 Å². The van der Waals surface area contributed by atoms with E-state index in [1.165, 1.54) is 12.3 Å². The summed E-state index contributed by atoms with van der Waals surface area (Å²) >= 11 is -0.298. The van der Waals surface area contributed by atoms with Crippen molar-refractivity contribution < 1.29 is 13.2 Å². The lowest BCUT2D eigenvalue weighted by molar-refractivity contribution is -0.0334. The van der Waals surface area contributed by atoms with Crippen molar-refractivity contribution in [3.8, 4) is 6.07 Å². The Morgan fingerprint density at radius 1 is 1.50 bits per heavy atom. The van der Waals surface area contributed by atoms with Crippen LogP contribution < -0.4 is 0 Å². The van der Waals surface area contributed by atoms with Gasteiger partial charge in [-0.2, -0.15) is 18.4 Å². The second-order valence-corrected chi connectivity index (χ2v) is 2.98. The van der Waals surface area contributed by atoms with Gasteiger partial charge in [0.05, 0.1) is 17.5 Å². The number of halogens is 3. The second-order valence-electron chi connectivity index (χ2n) is 1.91. The molecule has 0 spiro atoms. The second kappa shape index (κ2) is 3.11. The first-order valence-corrected chi connectivity index (χ1v) is 3.63. The molecule has 0 bridgehead atoms. The molecule has 0 fully saturated rings. The zero-order valence-corrected chi connectivity index (χ0v) is 6.49. The summed E-state index contributed by atoms with van der Waals surface area (Å²) in [5.74, 6) is 0. The Kier molecular flexibility index (Phi) is 2.33. The SMILES string of the molecule is N#Cc1ccn(SC(F)(F)F)c1. The van der Waals surface area contributed by atoms with Gasteiger partial charge in [-0.05, 0) is 6.07 Å². The van der Waals surface area contributed by atoms with Gasteiger partial charge < -0.3 is 0 Å². The number of hydrogen-bond donors (Lipinski definition) is 0. The van der Waals surface area contributed by atoms with E-state index in [2.05, 4.69) is 0 Å². The minimum absolute atomic E-state index is 0.215. The molecular formula is C6H3F3N2S. The van der Waals surface area contributed by atoms with E-state index in [1.54, 1.807) is 6.07 Å². The Morgan fingerprint density at radius 3 is 2.58 bits per heavy atom. The Bertz CT molecular complexity index is 309. The van der Waals surface area contributed by atoms with Crippen molar-refractivity contribution in [1.29, 1.82) is 5.26 Å². The molecule has 0 saturated heterocycles. The third-order valence-electron chi connectivity index (χ3n) is 1.01. The van der Waals surface area contributed by atoms with Gasteiger partial charge in [0, 0.05) is 12.4 Å². The molecule has 0 atom stereocenters. The molecule has 1 heterocycles. The van der Waals surface area contributed by atoms with Crippen LogP contribution in [0.15, 0.2) is 18.5 Å². The molecule has 0 radical (unpaired) electrons. The van der Waals surface area contributed by atoms with Crippen LogP contribution in [0.3, 0.4) is 0 Å². The van der Waals surface area contributed by atoms with Crippen LogP contribution >= 0.6 is 11.9 Å². The van der Waals surface area contributed by atoms with E-state index in [0.29, 0.717) is 0 Å². The van der Waals surface area contributed by atoms with E-state index in [0.717, 1.165) is 10.2 Å². The topological polar surface area (TPSA) is 28.7 Å². The Hall–Kier alpha value is -1.09. The first-order valence-electron chi connectivity index (χ1n) is 2.85. The lowest BCUT2D eigenvalue weighted by Gasteiger charge is -2.03. The fourth-order valence-electron chi connectivity index (χ4n) is 0.619. The smallest absolute Gasteiger partial charge is 0.290 e. The monoisotopic (exact) mass is 192 g/mol. The van der Waals surface area contributed by atoms with Crippen LogP contribution in [0.25, 0.3) is 0 Å². The summed E-state index contributed by atoms with van der Waals surface area (Å²) in [5, 5.41) is 8.30. The summed E-state index contributed by atoms with van der Waals surface area (Å²) in [4.78, 5) is 0. The Labute approximate surface area is 70.7 Å². The molecule has 1 rings (SSSR count). The van der Waals surface area contributed by atoms with Crippen LogP contribution in [0.1, 0.15) is 5.56 Å². The average Bonchev–Trinajstić information content (AvgIpc) is 2.32. The fourth-order valence-corrected chi connectivity index (χ4v) is 1.15. The maximum Gasteiger partial charge on any atom is 0.462 e. The van der Waals surface area contributed by atoms with Crippen molar-refractivity contribution in [3.05, 3.63) is 24.0 Å². The van der Waals surface area contributed by atoms with Crippen molar-refractivity contribution in [2.45, 2.75) is 5.51 Å². The van der Waals surface area contributed by atoms with E-state index in [4.69, 9.17) is 5.26 Å². The highest BCUT2D eigenvalue weighted by Gasteiger charge is 2.29. The lowest BCUT2D eigenvalue weighted by atomic mass is 10.4. The van der Waals surface area contributed by atoms with E-state index in [-0.39, 0.29) is 17.5 Å². The quantitative estimate of drug-likeness (QED) is 0.683. The van der Waals surface area contributed by atoms with E-state index >= 15 is 0 Å². The third-order valence-corrected chi connectivity index (χ3v) is 1.65. The molecule has 0 aliphatic heterocycles. The first kappa shape index (κ1) is 9.00. The maximum atomic E-state index is 11.7. The van der Waals surface area contributed by atoms with Crippen molar-refractivity contribution in [1.82, 2.24) is 3.97 Å². The van der Waals surface area contributed by atoms with Gasteiger partial charge in [-0.1, -0.05) is 0 Å². The normalized spacial score (nSPS) is 11.2. The van der Waals surface area contributed by atoms with Gasteiger partial charge in [0.1, 0.15) is 6.07 Å². The van der Waals surface area contributed by atoms with E-state index < -0.39 is 5.51 Å². The summed E-state index contributed by atoms with van der Waals surface area (Å²) in [5.41, 5.74) is -4.10. The highest BCUT2D eigenvalue weighted by Crippen LogP contribution is 2.31. The largest absolute Gasteiger partial charge is 0.462 e. The highest BCUT2D eigenvalue weighted by atomic mass is 32.2. The molecule has 1 aromatic rings. The van der Waals surface area contributed by atoms with Gasteiger partial charge in [0.15, 0.2) is 0 Å². The Morgan fingerprint density at radius 2 is 2.17 bits per heavy atom. The molecule has 2 nitrogen and oxygen atoms in total. The molecule has 0 unspecified atom stereocenters. The predicted octanol–water partition coefficient (Wildman–Crippen LogP) is 2.38. The number of nitrogens with zero attached hydrogens (tertiary/aromatic N) is 2. The van der Waals surface area contributed by atoms with Gasteiger partial charge in [-0.3, -0.25) is 3.97 Å². The predicted molar refractivity (Wildman–Crippen MR) is 38.2 cm³/mol. The maximum absolute atomic E-state index is 11.7. The molecule has 12 heavy (non-hydrogen) atoms. The molecule has 1 aromatic heterocycles. The molecule has 0 saturated carbocycles. The minimum atomic E-state index is -4.31. The molecule has 0 amide bonds. The summed E-state index contributed by atoms with van der Waals surface area (Å²) in [7, 11) is 0. The number of nitriles is 1. The molecule has 0 N–H and O–H groups in total. The van der Waals surface area contributed by atoms with Crippen LogP contribution in [-0.2, 0) is 0 Å². The molecule has 6 heteroatoms. The lowest BCUT2D eigenvalue weighted by Crippen LogP contribution is -2.02. The zero-order valence-electron chi connectivity index (χ0n) is 5.67. The van der Waals surface area contributed by atoms with Crippen LogP contribution in [0.4, 0.5) is 13.2 Å². The van der Waals surface area contributed by atoms with E-state index in [1.807, 2.05) is 0 Å². The summed E-state index contributed by atoms with van der Waals surface area (Å²) < 4.78 is 36.0. The summed E-state index contributed by atoms with van der Waals surface area (Å²) in [6, 6.07) is 3.05. The standard InChI is InChI=1S/C6H3F3N2S/c7-6(8,9)12-11-2-1-5(3-10)4-11/h1-2,4H. The van der Waals surface area contributed by atoms with Gasteiger partial charge in [0.2, 0.25) is 0 Å². The molecule has 64 valence electrons. The number of hydrogen-bond acceptors (Lipinski definition) is 2. The molecule has 0 aliphatic carbocycles. The number of alkyl halides is 3. The number of rotatable bonds is 1. The summed E-state index contributed by atoms with van der Waals surface area (Å²) in [6.45, 7) is 0. The Balaban J connectivity index is 2.72. The summed E-state index contributed by atoms with van der Waals surface area (Å²) in [6.07, 6.45) is 2.31. The van der Waals surface area contributed by atoms with Crippen molar-refractivity contribution in [2.75, 3.05) is 0 Å². The molecule has 0 aromatic carbocycles. The van der Waals surface area contributed by atoms with Crippen molar-refractivity contribution in [2.24, 2.45) is 0 Å². The first-order chi connectivity index (χ1) is 5.51. The van der Waals surface area contributed by atoms with Crippen LogP contribution in [0.5, 0.6) is 0 Å². The highest BCUT2D eigenvalue weighted by molar-refractivity contribution is 7.98. The van der Waals surface area contributed by atoms with Crippen LogP contribution in [0, 0.1) is 11.3 Å². The van der Waals surface area contributed by atoms with Gasteiger partial charge in [-0.15, -0.1) is 0 Å². The van der Waals surface area contributed by atoms with Crippen molar-refractivity contribution in [3.63, 3.8) is 0 Å². The van der Waals surface area contributed by atoms with Crippen LogP contribution in [-0.4, -0.2) is 9.48 Å². The third kappa shape index (κ3) is 2.51. The van der Waals surface area contributed by atoms with Crippen molar-refractivity contribution >= 4 is 11.9 Å². The van der Waals surface area contributed by atoms with E-state index in [9.17, 15) is 13.2 Å². The van der Waals surface area contributed by atoms with Crippen LogP contribution in [0.2, 0.25) is 0 Å². The van der Waals surface area contributed by atoms with Gasteiger partial charge in [0.25, 0.3) is 0 Å². The molecular weight excluding hydrogens is 189 g/mol.